The molecule has 1 aliphatic rings. The third-order valence-electron chi connectivity index (χ3n) is 6.10. The van der Waals surface area contributed by atoms with Gasteiger partial charge >= 0.3 is 0 Å². The van der Waals surface area contributed by atoms with Gasteiger partial charge in [0.15, 0.2) is 23.0 Å². The van der Waals surface area contributed by atoms with Crippen molar-refractivity contribution in [2.75, 3.05) is 0 Å². The van der Waals surface area contributed by atoms with E-state index < -0.39 is 0 Å². The molecule has 4 aromatic carbocycles. The number of fused-ring (bicyclic) bond motifs is 4. The van der Waals surface area contributed by atoms with Crippen molar-refractivity contribution in [2.45, 2.75) is 0 Å². The van der Waals surface area contributed by atoms with E-state index in [4.69, 9.17) is 9.47 Å². The fourth-order valence-corrected chi connectivity index (χ4v) is 4.41. The summed E-state index contributed by atoms with van der Waals surface area (Å²) in [5.74, 6) is 2.90. The Balaban J connectivity index is 1.23. The van der Waals surface area contributed by atoms with Gasteiger partial charge in [-0.25, -0.2) is 0 Å². The summed E-state index contributed by atoms with van der Waals surface area (Å²) >= 11 is 0. The predicted octanol–water partition coefficient (Wildman–Crippen LogP) is 7.88. The second kappa shape index (κ2) is 6.53. The van der Waals surface area contributed by atoms with Gasteiger partial charge in [0.25, 0.3) is 0 Å². The summed E-state index contributed by atoms with van der Waals surface area (Å²) < 4.78 is 12.4. The molecule has 0 radical (unpaired) electrons. The van der Waals surface area contributed by atoms with E-state index in [0.717, 1.165) is 56.3 Å². The maximum atomic E-state index is 6.22. The minimum atomic E-state index is 0.724. The number of aromatic amines is 2. The van der Waals surface area contributed by atoms with Gasteiger partial charge in [-0.15, -0.1) is 0 Å². The normalized spacial score (nSPS) is 12.2. The molecule has 6 aromatic rings. The summed E-state index contributed by atoms with van der Waals surface area (Å²) in [7, 11) is 0. The van der Waals surface area contributed by atoms with Crippen molar-refractivity contribution in [2.24, 2.45) is 0 Å². The smallest absolute Gasteiger partial charge is 0.170 e. The molecule has 3 heterocycles. The Morgan fingerprint density at radius 1 is 0.406 bits per heavy atom. The molecule has 0 atom stereocenters. The van der Waals surface area contributed by atoms with Gasteiger partial charge in [-0.2, -0.15) is 0 Å². The molecule has 1 aliphatic heterocycles. The van der Waals surface area contributed by atoms with Crippen molar-refractivity contribution < 1.29 is 9.47 Å². The van der Waals surface area contributed by atoms with E-state index >= 15 is 0 Å². The first-order valence-corrected chi connectivity index (χ1v) is 10.6. The summed E-state index contributed by atoms with van der Waals surface area (Å²) in [6, 6.07) is 29.1. The van der Waals surface area contributed by atoms with Crippen LogP contribution in [0.25, 0.3) is 44.1 Å². The van der Waals surface area contributed by atoms with Crippen molar-refractivity contribution in [3.63, 3.8) is 0 Å². The molecule has 0 bridgehead atoms. The second-order valence-corrected chi connectivity index (χ2v) is 8.09. The van der Waals surface area contributed by atoms with Crippen LogP contribution in [0.2, 0.25) is 0 Å². The Morgan fingerprint density at radius 2 is 0.844 bits per heavy atom. The fraction of sp³-hybridized carbons (Fsp3) is 0. The van der Waals surface area contributed by atoms with Crippen molar-refractivity contribution in [3.05, 3.63) is 97.3 Å². The molecule has 4 nitrogen and oxygen atoms in total. The quantitative estimate of drug-likeness (QED) is 0.302. The molecule has 0 saturated carbocycles. The topological polar surface area (TPSA) is 50.0 Å². The average Bonchev–Trinajstić information content (AvgIpc) is 3.50. The summed E-state index contributed by atoms with van der Waals surface area (Å²) in [6.07, 6.45) is 3.92. The highest BCUT2D eigenvalue weighted by atomic mass is 16.6. The van der Waals surface area contributed by atoms with Crippen LogP contribution in [0.4, 0.5) is 0 Å². The molecule has 2 aromatic heterocycles. The zero-order chi connectivity index (χ0) is 21.1. The minimum Gasteiger partial charge on any atom is -0.449 e. The number of rotatable bonds is 2. The van der Waals surface area contributed by atoms with Gasteiger partial charge < -0.3 is 19.4 Å². The molecule has 7 rings (SSSR count). The standard InChI is InChI=1S/C28H18N2O2/c1-5-23-21(9-11-29-23)13-17(1)19-3-7-25-27(15-19)31-26-8-4-20(16-28(26)32-25)18-2-6-24-22(14-18)10-12-30-24/h1-16,29-30H. The second-order valence-electron chi connectivity index (χ2n) is 8.09. The predicted molar refractivity (Wildman–Crippen MR) is 128 cm³/mol. The highest BCUT2D eigenvalue weighted by molar-refractivity contribution is 5.86. The van der Waals surface area contributed by atoms with Crippen LogP contribution in [0.15, 0.2) is 97.3 Å². The van der Waals surface area contributed by atoms with Crippen LogP contribution in [0.3, 0.4) is 0 Å². The molecule has 2 N–H and O–H groups in total. The number of H-pyrrole nitrogens is 2. The van der Waals surface area contributed by atoms with Crippen LogP contribution in [0, 0.1) is 0 Å². The summed E-state index contributed by atoms with van der Waals surface area (Å²) in [4.78, 5) is 6.47. The minimum absolute atomic E-state index is 0.724. The van der Waals surface area contributed by atoms with Crippen LogP contribution in [0.1, 0.15) is 0 Å². The number of aromatic nitrogens is 2. The van der Waals surface area contributed by atoms with Gasteiger partial charge in [-0.1, -0.05) is 24.3 Å². The molecule has 0 unspecified atom stereocenters. The van der Waals surface area contributed by atoms with Gasteiger partial charge in [0.2, 0.25) is 0 Å². The van der Waals surface area contributed by atoms with Crippen LogP contribution in [0.5, 0.6) is 23.0 Å². The van der Waals surface area contributed by atoms with Gasteiger partial charge in [0.1, 0.15) is 0 Å². The SMILES string of the molecule is c1cc2cc(-c3ccc4c(c3)Oc3ccc(-c5ccc6[nH]ccc6c5)cc3O4)ccc2[nH]1. The van der Waals surface area contributed by atoms with Gasteiger partial charge in [0, 0.05) is 23.4 Å². The Bertz CT molecular complexity index is 1520. The van der Waals surface area contributed by atoms with E-state index in [0.29, 0.717) is 0 Å². The van der Waals surface area contributed by atoms with Gasteiger partial charge in [-0.05, 0) is 93.7 Å². The highest BCUT2D eigenvalue weighted by Crippen LogP contribution is 2.47. The summed E-state index contributed by atoms with van der Waals surface area (Å²) in [6.45, 7) is 0. The van der Waals surface area contributed by atoms with Crippen LogP contribution < -0.4 is 9.47 Å². The first-order valence-electron chi connectivity index (χ1n) is 10.6. The Hall–Kier alpha value is -4.44. The van der Waals surface area contributed by atoms with Gasteiger partial charge in [-0.3, -0.25) is 0 Å². The average molecular weight is 414 g/mol. The van der Waals surface area contributed by atoms with Crippen LogP contribution in [-0.4, -0.2) is 9.97 Å². The molecule has 0 saturated heterocycles. The number of hydrogen-bond donors (Lipinski definition) is 2. The Labute approximate surface area is 184 Å². The largest absolute Gasteiger partial charge is 0.449 e. The number of ether oxygens (including phenoxy) is 2. The van der Waals surface area contributed by atoms with E-state index in [-0.39, 0.29) is 0 Å². The monoisotopic (exact) mass is 414 g/mol. The van der Waals surface area contributed by atoms with E-state index in [1.165, 1.54) is 10.8 Å². The molecule has 4 heteroatoms. The molecule has 0 fully saturated rings. The lowest BCUT2D eigenvalue weighted by molar-refractivity contribution is 0.360. The Kier molecular flexibility index (Phi) is 3.52. The molecular formula is C28H18N2O2. The van der Waals surface area contributed by atoms with Gasteiger partial charge in [0.05, 0.1) is 0 Å². The fourth-order valence-electron chi connectivity index (χ4n) is 4.41. The molecular weight excluding hydrogens is 396 g/mol. The molecule has 0 spiro atoms. The lowest BCUT2D eigenvalue weighted by Crippen LogP contribution is -1.99. The maximum Gasteiger partial charge on any atom is 0.170 e. The third kappa shape index (κ3) is 2.70. The first-order chi connectivity index (χ1) is 15.8. The van der Waals surface area contributed by atoms with Crippen molar-refractivity contribution >= 4 is 21.8 Å². The van der Waals surface area contributed by atoms with Crippen molar-refractivity contribution in [3.8, 4) is 45.3 Å². The van der Waals surface area contributed by atoms with Crippen LogP contribution >= 0.6 is 0 Å². The van der Waals surface area contributed by atoms with Crippen LogP contribution in [-0.2, 0) is 0 Å². The Morgan fingerprint density at radius 3 is 1.34 bits per heavy atom. The molecule has 32 heavy (non-hydrogen) atoms. The number of hydrogen-bond acceptors (Lipinski definition) is 2. The van der Waals surface area contributed by atoms with Crippen molar-refractivity contribution in [1.29, 1.82) is 0 Å². The zero-order valence-corrected chi connectivity index (χ0v) is 17.1. The first kappa shape index (κ1) is 17.3. The third-order valence-corrected chi connectivity index (χ3v) is 6.10. The van der Waals surface area contributed by atoms with E-state index in [2.05, 4.69) is 70.6 Å². The maximum absolute atomic E-state index is 6.22. The molecule has 152 valence electrons. The molecule has 0 amide bonds. The highest BCUT2D eigenvalue weighted by Gasteiger charge is 2.20. The number of benzene rings is 4. The summed E-state index contributed by atoms with van der Waals surface area (Å²) in [5.41, 5.74) is 6.73. The number of nitrogens with one attached hydrogen (secondary N) is 2. The van der Waals surface area contributed by atoms with E-state index in [1.807, 2.05) is 36.7 Å². The lowest BCUT2D eigenvalue weighted by atomic mass is 10.0. The van der Waals surface area contributed by atoms with E-state index in [1.54, 1.807) is 0 Å². The van der Waals surface area contributed by atoms with Crippen molar-refractivity contribution in [1.82, 2.24) is 9.97 Å². The zero-order valence-electron chi connectivity index (χ0n) is 17.1. The summed E-state index contributed by atoms with van der Waals surface area (Å²) in [5, 5.41) is 2.38. The van der Waals surface area contributed by atoms with E-state index in [9.17, 15) is 0 Å². The molecule has 0 aliphatic carbocycles. The lowest BCUT2D eigenvalue weighted by Gasteiger charge is -2.22.